The molecule has 0 aromatic carbocycles. The fraction of sp³-hybridized carbons (Fsp3) is 0.562. The fourth-order valence-corrected chi connectivity index (χ4v) is 2.87. The standard InChI is InChI=1S/C16H22N2O5/c1-11(17-15(21)12-7-9-23-10-12)16(22)18-8-3-2-4-13(18)5-6-14(19)20/h7,9-11,13H,2-6,8H2,1H3,(H,17,21)(H,19,20). The maximum Gasteiger partial charge on any atom is 0.303 e. The fourth-order valence-electron chi connectivity index (χ4n) is 2.87. The zero-order valence-electron chi connectivity index (χ0n) is 13.2. The van der Waals surface area contributed by atoms with Gasteiger partial charge in [-0.2, -0.15) is 0 Å². The number of carbonyl (C=O) groups is 3. The minimum atomic E-state index is -0.857. The summed E-state index contributed by atoms with van der Waals surface area (Å²) in [6.07, 6.45) is 5.91. The number of aliphatic carboxylic acids is 1. The lowest BCUT2D eigenvalue weighted by Gasteiger charge is -2.37. The van der Waals surface area contributed by atoms with Gasteiger partial charge < -0.3 is 19.7 Å². The van der Waals surface area contributed by atoms with Gasteiger partial charge in [-0.3, -0.25) is 14.4 Å². The van der Waals surface area contributed by atoms with E-state index in [4.69, 9.17) is 9.52 Å². The van der Waals surface area contributed by atoms with Gasteiger partial charge in [-0.15, -0.1) is 0 Å². The highest BCUT2D eigenvalue weighted by Gasteiger charge is 2.30. The van der Waals surface area contributed by atoms with Crippen LogP contribution in [0.4, 0.5) is 0 Å². The quantitative estimate of drug-likeness (QED) is 0.829. The first-order chi connectivity index (χ1) is 11.0. The monoisotopic (exact) mass is 322 g/mol. The van der Waals surface area contributed by atoms with Crippen molar-refractivity contribution in [2.24, 2.45) is 0 Å². The highest BCUT2D eigenvalue weighted by Crippen LogP contribution is 2.21. The zero-order chi connectivity index (χ0) is 16.8. The second kappa shape index (κ2) is 7.80. The Bertz CT molecular complexity index is 555. The Morgan fingerprint density at radius 1 is 1.43 bits per heavy atom. The van der Waals surface area contributed by atoms with Gasteiger partial charge >= 0.3 is 5.97 Å². The summed E-state index contributed by atoms with van der Waals surface area (Å²) in [6, 6.07) is 0.798. The van der Waals surface area contributed by atoms with Crippen LogP contribution in [0.5, 0.6) is 0 Å². The molecule has 2 rings (SSSR count). The summed E-state index contributed by atoms with van der Waals surface area (Å²) in [6.45, 7) is 2.25. The number of nitrogens with zero attached hydrogens (tertiary/aromatic N) is 1. The third kappa shape index (κ3) is 4.58. The van der Waals surface area contributed by atoms with Crippen LogP contribution in [0, 0.1) is 0 Å². The summed E-state index contributed by atoms with van der Waals surface area (Å²) in [5.74, 6) is -1.39. The van der Waals surface area contributed by atoms with E-state index in [1.807, 2.05) is 0 Å². The average molecular weight is 322 g/mol. The molecular weight excluding hydrogens is 300 g/mol. The number of carbonyl (C=O) groups excluding carboxylic acids is 2. The van der Waals surface area contributed by atoms with Crippen molar-refractivity contribution in [3.05, 3.63) is 24.2 Å². The number of carboxylic acids is 1. The number of likely N-dealkylation sites (tertiary alicyclic amines) is 1. The van der Waals surface area contributed by atoms with Crippen molar-refractivity contribution in [3.63, 3.8) is 0 Å². The summed E-state index contributed by atoms with van der Waals surface area (Å²) in [5.41, 5.74) is 0.366. The minimum absolute atomic E-state index is 0.0458. The molecule has 2 atom stereocenters. The predicted octanol–water partition coefficient (Wildman–Crippen LogP) is 1.64. The molecule has 1 fully saturated rings. The largest absolute Gasteiger partial charge is 0.481 e. The third-order valence-corrected chi connectivity index (χ3v) is 4.10. The van der Waals surface area contributed by atoms with Crippen LogP contribution in [0.1, 0.15) is 49.4 Å². The lowest BCUT2D eigenvalue weighted by molar-refractivity contribution is -0.140. The molecule has 2 unspecified atom stereocenters. The van der Waals surface area contributed by atoms with E-state index in [1.165, 1.54) is 18.6 Å². The van der Waals surface area contributed by atoms with Crippen molar-refractivity contribution >= 4 is 17.8 Å². The number of hydrogen-bond acceptors (Lipinski definition) is 4. The van der Waals surface area contributed by atoms with E-state index >= 15 is 0 Å². The van der Waals surface area contributed by atoms with Crippen LogP contribution < -0.4 is 5.32 Å². The van der Waals surface area contributed by atoms with Crippen LogP contribution in [0.3, 0.4) is 0 Å². The SMILES string of the molecule is CC(NC(=O)c1ccoc1)C(=O)N1CCCCC1CCC(=O)O. The first-order valence-electron chi connectivity index (χ1n) is 7.84. The number of rotatable bonds is 6. The normalized spacial score (nSPS) is 19.2. The van der Waals surface area contributed by atoms with Gasteiger partial charge in [0.2, 0.25) is 5.91 Å². The molecular formula is C16H22N2O5. The Balaban J connectivity index is 1.95. The van der Waals surface area contributed by atoms with Crippen LogP contribution in [0.25, 0.3) is 0 Å². The van der Waals surface area contributed by atoms with Gasteiger partial charge in [0.1, 0.15) is 12.3 Å². The summed E-state index contributed by atoms with van der Waals surface area (Å²) in [7, 11) is 0. The molecule has 1 aromatic rings. The zero-order valence-corrected chi connectivity index (χ0v) is 13.2. The van der Waals surface area contributed by atoms with Crippen LogP contribution in [-0.2, 0) is 9.59 Å². The number of carboxylic acid groups (broad SMARTS) is 1. The van der Waals surface area contributed by atoms with Crippen LogP contribution in [-0.4, -0.2) is 46.4 Å². The first-order valence-corrected chi connectivity index (χ1v) is 7.84. The second-order valence-electron chi connectivity index (χ2n) is 5.82. The topological polar surface area (TPSA) is 99.9 Å². The lowest BCUT2D eigenvalue weighted by atomic mass is 9.97. The highest BCUT2D eigenvalue weighted by molar-refractivity contribution is 5.97. The molecule has 0 spiro atoms. The van der Waals surface area contributed by atoms with Gasteiger partial charge in [-0.25, -0.2) is 0 Å². The van der Waals surface area contributed by atoms with Crippen molar-refractivity contribution in [1.29, 1.82) is 0 Å². The number of hydrogen-bond donors (Lipinski definition) is 2. The van der Waals surface area contributed by atoms with Gasteiger partial charge in [0, 0.05) is 19.0 Å². The van der Waals surface area contributed by atoms with E-state index in [1.54, 1.807) is 11.8 Å². The molecule has 1 aromatic heterocycles. The minimum Gasteiger partial charge on any atom is -0.481 e. The molecule has 1 aliphatic heterocycles. The number of piperidine rings is 1. The number of amides is 2. The highest BCUT2D eigenvalue weighted by atomic mass is 16.4. The van der Waals surface area contributed by atoms with Gasteiger partial charge in [0.25, 0.3) is 5.91 Å². The van der Waals surface area contributed by atoms with Crippen molar-refractivity contribution in [1.82, 2.24) is 10.2 Å². The lowest BCUT2D eigenvalue weighted by Crippen LogP contribution is -2.52. The Morgan fingerprint density at radius 3 is 2.87 bits per heavy atom. The Morgan fingerprint density at radius 2 is 2.22 bits per heavy atom. The summed E-state index contributed by atoms with van der Waals surface area (Å²) < 4.78 is 4.85. The third-order valence-electron chi connectivity index (χ3n) is 4.10. The second-order valence-corrected chi connectivity index (χ2v) is 5.82. The molecule has 126 valence electrons. The van der Waals surface area contributed by atoms with Crippen molar-refractivity contribution in [3.8, 4) is 0 Å². The molecule has 1 aliphatic rings. The molecule has 0 radical (unpaired) electrons. The van der Waals surface area contributed by atoms with Crippen LogP contribution in [0.2, 0.25) is 0 Å². The molecule has 1 saturated heterocycles. The summed E-state index contributed by atoms with van der Waals surface area (Å²) in [5, 5.41) is 11.5. The van der Waals surface area contributed by atoms with Gasteiger partial charge in [-0.1, -0.05) is 0 Å². The van der Waals surface area contributed by atoms with Gasteiger partial charge in [0.15, 0.2) is 0 Å². The number of furan rings is 1. The molecule has 0 bridgehead atoms. The summed E-state index contributed by atoms with van der Waals surface area (Å²) >= 11 is 0. The van der Waals surface area contributed by atoms with Crippen molar-refractivity contribution in [2.45, 2.75) is 51.1 Å². The average Bonchev–Trinajstić information content (AvgIpc) is 3.07. The van der Waals surface area contributed by atoms with E-state index in [2.05, 4.69) is 5.32 Å². The van der Waals surface area contributed by atoms with Gasteiger partial charge in [0.05, 0.1) is 11.8 Å². The van der Waals surface area contributed by atoms with E-state index < -0.39 is 12.0 Å². The predicted molar refractivity (Wildman–Crippen MR) is 81.9 cm³/mol. The van der Waals surface area contributed by atoms with Crippen LogP contribution in [0.15, 0.2) is 23.0 Å². The first kappa shape index (κ1) is 17.1. The molecule has 7 nitrogen and oxygen atoms in total. The maximum atomic E-state index is 12.6. The smallest absolute Gasteiger partial charge is 0.303 e. The van der Waals surface area contributed by atoms with E-state index in [-0.39, 0.29) is 24.3 Å². The molecule has 0 aliphatic carbocycles. The molecule has 2 N–H and O–H groups in total. The molecule has 2 amide bonds. The molecule has 2 heterocycles. The van der Waals surface area contributed by atoms with E-state index in [9.17, 15) is 14.4 Å². The molecule has 23 heavy (non-hydrogen) atoms. The number of nitrogens with one attached hydrogen (secondary N) is 1. The molecule has 7 heteroatoms. The Kier molecular flexibility index (Phi) is 5.78. The maximum absolute atomic E-state index is 12.6. The molecule has 0 saturated carbocycles. The van der Waals surface area contributed by atoms with Crippen LogP contribution >= 0.6 is 0 Å². The van der Waals surface area contributed by atoms with Crippen molar-refractivity contribution < 1.29 is 23.9 Å². The van der Waals surface area contributed by atoms with Crippen molar-refractivity contribution in [2.75, 3.05) is 6.54 Å². The van der Waals surface area contributed by atoms with E-state index in [0.717, 1.165) is 19.3 Å². The summed E-state index contributed by atoms with van der Waals surface area (Å²) in [4.78, 5) is 37.1. The van der Waals surface area contributed by atoms with E-state index in [0.29, 0.717) is 18.5 Å². The van der Waals surface area contributed by atoms with Gasteiger partial charge in [-0.05, 0) is 38.7 Å². The Hall–Kier alpha value is -2.31. The Labute approximate surface area is 134 Å².